The summed E-state index contributed by atoms with van der Waals surface area (Å²) in [4.78, 5) is 0. The van der Waals surface area contributed by atoms with E-state index in [4.69, 9.17) is 0 Å². The summed E-state index contributed by atoms with van der Waals surface area (Å²) in [5.41, 5.74) is 2.53. The first kappa shape index (κ1) is 20.5. The molecule has 150 valence electrons. The van der Waals surface area contributed by atoms with Crippen molar-refractivity contribution in [2.24, 2.45) is 0 Å². The standard InChI is InChI=1S/C28H28OP/c1-23(29)21-24-17-19-28(20-18-24)30(26-13-7-3-8-14-26,27-15-9-4-10-16-27)22-25-11-5-2-6-12-25/h2-20,23,29H,21-22H2,1H3/q+1. The summed E-state index contributed by atoms with van der Waals surface area (Å²) in [6, 6.07) is 41.7. The second kappa shape index (κ2) is 9.39. The zero-order valence-corrected chi connectivity index (χ0v) is 18.3. The summed E-state index contributed by atoms with van der Waals surface area (Å²) < 4.78 is 0. The van der Waals surface area contributed by atoms with Crippen molar-refractivity contribution in [3.63, 3.8) is 0 Å². The average molecular weight is 412 g/mol. The minimum absolute atomic E-state index is 0.331. The SMILES string of the molecule is CC(O)Cc1ccc([P+](Cc2ccccc2)(c2ccccc2)c2ccccc2)cc1. The molecule has 0 aliphatic heterocycles. The van der Waals surface area contributed by atoms with E-state index >= 15 is 0 Å². The fourth-order valence-electron chi connectivity index (χ4n) is 4.17. The van der Waals surface area contributed by atoms with E-state index in [9.17, 15) is 5.11 Å². The molecule has 1 N–H and O–H groups in total. The normalized spacial score (nSPS) is 12.5. The molecule has 2 heteroatoms. The van der Waals surface area contributed by atoms with Gasteiger partial charge in [0.1, 0.15) is 23.2 Å². The quantitative estimate of drug-likeness (QED) is 0.419. The van der Waals surface area contributed by atoms with Gasteiger partial charge in [0, 0.05) is 0 Å². The Morgan fingerprint density at radius 1 is 0.567 bits per heavy atom. The maximum absolute atomic E-state index is 9.79. The van der Waals surface area contributed by atoms with E-state index in [1.165, 1.54) is 27.0 Å². The highest BCUT2D eigenvalue weighted by molar-refractivity contribution is 7.95. The molecular formula is C28H28OP+. The van der Waals surface area contributed by atoms with Gasteiger partial charge in [-0.15, -0.1) is 0 Å². The highest BCUT2D eigenvalue weighted by Crippen LogP contribution is 2.58. The lowest BCUT2D eigenvalue weighted by atomic mass is 10.1. The van der Waals surface area contributed by atoms with Crippen LogP contribution < -0.4 is 15.9 Å². The maximum atomic E-state index is 9.79. The van der Waals surface area contributed by atoms with Crippen LogP contribution >= 0.6 is 7.26 Å². The van der Waals surface area contributed by atoms with Crippen LogP contribution in [0.3, 0.4) is 0 Å². The van der Waals surface area contributed by atoms with Gasteiger partial charge in [-0.2, -0.15) is 0 Å². The fraction of sp³-hybridized carbons (Fsp3) is 0.143. The molecule has 0 aromatic heterocycles. The average Bonchev–Trinajstić information content (AvgIpc) is 2.80. The van der Waals surface area contributed by atoms with Crippen LogP contribution in [0.1, 0.15) is 18.1 Å². The van der Waals surface area contributed by atoms with E-state index in [0.717, 1.165) is 6.16 Å². The van der Waals surface area contributed by atoms with E-state index in [2.05, 4.69) is 115 Å². The molecule has 0 heterocycles. The zero-order chi connectivity index (χ0) is 20.8. The molecule has 0 saturated heterocycles. The second-order valence-corrected chi connectivity index (χ2v) is 11.3. The summed E-state index contributed by atoms with van der Waals surface area (Å²) in [6.07, 6.45) is 1.33. The van der Waals surface area contributed by atoms with Crippen LogP contribution in [-0.2, 0) is 12.6 Å². The van der Waals surface area contributed by atoms with Gasteiger partial charge in [-0.3, -0.25) is 0 Å². The minimum atomic E-state index is -1.89. The summed E-state index contributed by atoms with van der Waals surface area (Å²) in [5, 5.41) is 13.9. The predicted octanol–water partition coefficient (Wildman–Crippen LogP) is 5.10. The van der Waals surface area contributed by atoms with E-state index in [1.54, 1.807) is 0 Å². The molecule has 0 saturated carbocycles. The molecule has 1 unspecified atom stereocenters. The number of benzene rings is 4. The van der Waals surface area contributed by atoms with Gasteiger partial charge in [0.25, 0.3) is 0 Å². The third kappa shape index (κ3) is 4.38. The molecule has 0 spiro atoms. The van der Waals surface area contributed by atoms with Gasteiger partial charge in [0.2, 0.25) is 0 Å². The van der Waals surface area contributed by atoms with E-state index in [0.29, 0.717) is 6.42 Å². The van der Waals surface area contributed by atoms with Gasteiger partial charge in [-0.05, 0) is 60.9 Å². The summed E-state index contributed by atoms with van der Waals surface area (Å²) in [6.45, 7) is 1.84. The first-order valence-corrected chi connectivity index (χ1v) is 12.5. The van der Waals surface area contributed by atoms with Crippen molar-refractivity contribution in [1.82, 2.24) is 0 Å². The van der Waals surface area contributed by atoms with Gasteiger partial charge in [0.05, 0.1) is 12.3 Å². The van der Waals surface area contributed by atoms with E-state index < -0.39 is 7.26 Å². The van der Waals surface area contributed by atoms with Crippen LogP contribution in [0.25, 0.3) is 0 Å². The predicted molar refractivity (Wildman–Crippen MR) is 131 cm³/mol. The Kier molecular flexibility index (Phi) is 6.43. The van der Waals surface area contributed by atoms with Crippen LogP contribution in [0.15, 0.2) is 115 Å². The molecule has 4 aromatic rings. The van der Waals surface area contributed by atoms with Crippen molar-refractivity contribution < 1.29 is 5.11 Å². The molecule has 0 radical (unpaired) electrons. The highest BCUT2D eigenvalue weighted by Gasteiger charge is 2.45. The summed E-state index contributed by atoms with van der Waals surface area (Å²) in [5.74, 6) is 0. The van der Waals surface area contributed by atoms with E-state index in [-0.39, 0.29) is 6.10 Å². The Balaban J connectivity index is 1.92. The summed E-state index contributed by atoms with van der Waals surface area (Å²) in [7, 11) is -1.89. The topological polar surface area (TPSA) is 20.2 Å². The number of hydrogen-bond donors (Lipinski definition) is 1. The summed E-state index contributed by atoms with van der Waals surface area (Å²) >= 11 is 0. The van der Waals surface area contributed by atoms with E-state index in [1.807, 2.05) is 6.92 Å². The second-order valence-electron chi connectivity index (χ2n) is 7.84. The Morgan fingerprint density at radius 3 is 1.47 bits per heavy atom. The van der Waals surface area contributed by atoms with Gasteiger partial charge < -0.3 is 5.11 Å². The van der Waals surface area contributed by atoms with Crippen molar-refractivity contribution in [2.45, 2.75) is 25.6 Å². The smallest absolute Gasteiger partial charge is 0.116 e. The van der Waals surface area contributed by atoms with Crippen LogP contribution in [-0.4, -0.2) is 11.2 Å². The maximum Gasteiger partial charge on any atom is 0.116 e. The molecule has 0 aliphatic carbocycles. The number of aliphatic hydroxyl groups is 1. The van der Waals surface area contributed by atoms with Gasteiger partial charge in [-0.1, -0.05) is 78.9 Å². The molecule has 1 atom stereocenters. The first-order chi connectivity index (χ1) is 14.7. The zero-order valence-electron chi connectivity index (χ0n) is 17.4. The lowest BCUT2D eigenvalue weighted by molar-refractivity contribution is 0.195. The van der Waals surface area contributed by atoms with Crippen LogP contribution in [0, 0.1) is 0 Å². The molecule has 0 aliphatic rings. The Morgan fingerprint density at radius 2 is 1.00 bits per heavy atom. The molecule has 4 rings (SSSR count). The van der Waals surface area contributed by atoms with Crippen LogP contribution in [0.4, 0.5) is 0 Å². The lowest BCUT2D eigenvalue weighted by Crippen LogP contribution is -2.32. The van der Waals surface area contributed by atoms with Gasteiger partial charge >= 0.3 is 0 Å². The van der Waals surface area contributed by atoms with Crippen molar-refractivity contribution >= 4 is 23.2 Å². The van der Waals surface area contributed by atoms with Crippen molar-refractivity contribution in [3.8, 4) is 0 Å². The molecule has 4 aromatic carbocycles. The van der Waals surface area contributed by atoms with Crippen molar-refractivity contribution in [2.75, 3.05) is 0 Å². The monoisotopic (exact) mass is 411 g/mol. The van der Waals surface area contributed by atoms with Gasteiger partial charge in [-0.25, -0.2) is 0 Å². The van der Waals surface area contributed by atoms with Gasteiger partial charge in [0.15, 0.2) is 0 Å². The number of hydrogen-bond acceptors (Lipinski definition) is 1. The first-order valence-electron chi connectivity index (χ1n) is 10.5. The molecule has 0 fully saturated rings. The van der Waals surface area contributed by atoms with Crippen LogP contribution in [0.5, 0.6) is 0 Å². The fourth-order valence-corrected chi connectivity index (χ4v) is 8.39. The highest BCUT2D eigenvalue weighted by atomic mass is 31.2. The largest absolute Gasteiger partial charge is 0.393 e. The third-order valence-electron chi connectivity index (χ3n) is 5.56. The lowest BCUT2D eigenvalue weighted by Gasteiger charge is -2.28. The number of rotatable bonds is 7. The van der Waals surface area contributed by atoms with Crippen molar-refractivity contribution in [1.29, 1.82) is 0 Å². The molecule has 30 heavy (non-hydrogen) atoms. The molecular weight excluding hydrogens is 383 g/mol. The minimum Gasteiger partial charge on any atom is -0.393 e. The number of aliphatic hydroxyl groups excluding tert-OH is 1. The van der Waals surface area contributed by atoms with Crippen LogP contribution in [0.2, 0.25) is 0 Å². The molecule has 0 amide bonds. The van der Waals surface area contributed by atoms with Crippen molar-refractivity contribution in [3.05, 3.63) is 126 Å². The molecule has 0 bridgehead atoms. The Hall–Kier alpha value is -2.73. The molecule has 1 nitrogen and oxygen atoms in total. The Labute approximate surface area is 180 Å². The Bertz CT molecular complexity index is 1000. The third-order valence-corrected chi connectivity index (χ3v) is 9.94.